The number of ether oxygens (including phenoxy) is 1. The molecule has 1 unspecified atom stereocenters. The maximum Gasteiger partial charge on any atom is 0.425 e. The fraction of sp³-hybridized carbons (Fsp3) is 0.364. The third-order valence-corrected chi connectivity index (χ3v) is 2.13. The second-order valence-corrected chi connectivity index (χ2v) is 3.61. The van der Waals surface area contributed by atoms with Crippen molar-refractivity contribution in [2.45, 2.75) is 26.1 Å². The highest BCUT2D eigenvalue weighted by Gasteiger charge is 2.38. The largest absolute Gasteiger partial charge is 0.480 e. The average molecular weight is 248 g/mol. The van der Waals surface area contributed by atoms with Crippen LogP contribution in [0.25, 0.3) is 0 Å². The number of hydrogen-bond donors (Lipinski definition) is 1. The maximum absolute atomic E-state index is 12.3. The number of benzene rings is 1. The van der Waals surface area contributed by atoms with Gasteiger partial charge in [0.2, 0.25) is 0 Å². The van der Waals surface area contributed by atoms with Crippen molar-refractivity contribution in [2.24, 2.45) is 0 Å². The van der Waals surface area contributed by atoms with Crippen LogP contribution in [0.15, 0.2) is 18.2 Å². The third kappa shape index (κ3) is 3.37. The van der Waals surface area contributed by atoms with E-state index in [1.54, 1.807) is 6.92 Å². The van der Waals surface area contributed by atoms with Crippen LogP contribution < -0.4 is 4.74 Å². The van der Waals surface area contributed by atoms with Crippen LogP contribution in [-0.4, -0.2) is 23.4 Å². The molecule has 1 rings (SSSR count). The molecular formula is C11H11F3O3. The third-order valence-electron chi connectivity index (χ3n) is 2.13. The van der Waals surface area contributed by atoms with Gasteiger partial charge in [-0.1, -0.05) is 6.07 Å². The van der Waals surface area contributed by atoms with Crippen LogP contribution in [0.4, 0.5) is 13.2 Å². The molecule has 0 spiro atoms. The molecule has 6 heteroatoms. The van der Waals surface area contributed by atoms with Crippen molar-refractivity contribution in [3.8, 4) is 5.75 Å². The van der Waals surface area contributed by atoms with Crippen LogP contribution >= 0.6 is 0 Å². The van der Waals surface area contributed by atoms with E-state index in [0.717, 1.165) is 6.92 Å². The standard InChI is InChI=1S/C11H11F3O3/c1-6-3-4-8(10(15)16)9(5-6)17-7(2)11(12,13)14/h3-5,7H,1-2H3,(H,15,16). The van der Waals surface area contributed by atoms with Gasteiger partial charge in [0.15, 0.2) is 6.10 Å². The molecule has 1 aromatic rings. The summed E-state index contributed by atoms with van der Waals surface area (Å²) >= 11 is 0. The van der Waals surface area contributed by atoms with Gasteiger partial charge in [-0.05, 0) is 31.5 Å². The Balaban J connectivity index is 3.04. The first kappa shape index (κ1) is 13.3. The molecule has 0 radical (unpaired) electrons. The van der Waals surface area contributed by atoms with Gasteiger partial charge in [0.1, 0.15) is 11.3 Å². The van der Waals surface area contributed by atoms with Crippen LogP contribution in [0.1, 0.15) is 22.8 Å². The van der Waals surface area contributed by atoms with Gasteiger partial charge in [-0.3, -0.25) is 0 Å². The number of carboxylic acid groups (broad SMARTS) is 1. The number of aryl methyl sites for hydroxylation is 1. The first-order chi connectivity index (χ1) is 7.71. The Morgan fingerprint density at radius 2 is 2.00 bits per heavy atom. The van der Waals surface area contributed by atoms with E-state index in [0.29, 0.717) is 5.56 Å². The van der Waals surface area contributed by atoms with Crippen molar-refractivity contribution in [1.29, 1.82) is 0 Å². The zero-order valence-electron chi connectivity index (χ0n) is 9.21. The van der Waals surface area contributed by atoms with Gasteiger partial charge in [0.05, 0.1) is 0 Å². The SMILES string of the molecule is Cc1ccc(C(=O)O)c(OC(C)C(F)(F)F)c1. The van der Waals surface area contributed by atoms with Crippen molar-refractivity contribution in [2.75, 3.05) is 0 Å². The van der Waals surface area contributed by atoms with Gasteiger partial charge < -0.3 is 9.84 Å². The predicted molar refractivity (Wildman–Crippen MR) is 54.3 cm³/mol. The Kier molecular flexibility index (Phi) is 3.65. The molecule has 17 heavy (non-hydrogen) atoms. The highest BCUT2D eigenvalue weighted by atomic mass is 19.4. The zero-order chi connectivity index (χ0) is 13.2. The molecule has 1 atom stereocenters. The Hall–Kier alpha value is -1.72. The highest BCUT2D eigenvalue weighted by molar-refractivity contribution is 5.90. The second kappa shape index (κ2) is 4.65. The summed E-state index contributed by atoms with van der Waals surface area (Å²) < 4.78 is 41.5. The van der Waals surface area contributed by atoms with E-state index in [1.165, 1.54) is 18.2 Å². The molecule has 3 nitrogen and oxygen atoms in total. The van der Waals surface area contributed by atoms with E-state index < -0.39 is 18.2 Å². The lowest BCUT2D eigenvalue weighted by Gasteiger charge is -2.19. The van der Waals surface area contributed by atoms with Gasteiger partial charge in [-0.2, -0.15) is 13.2 Å². The first-order valence-electron chi connectivity index (χ1n) is 4.79. The summed E-state index contributed by atoms with van der Waals surface area (Å²) in [6.45, 7) is 2.46. The summed E-state index contributed by atoms with van der Waals surface area (Å²) in [5.41, 5.74) is 0.339. The Morgan fingerprint density at radius 1 is 1.41 bits per heavy atom. The number of rotatable bonds is 3. The predicted octanol–water partition coefficient (Wildman–Crippen LogP) is 3.02. The molecule has 0 heterocycles. The topological polar surface area (TPSA) is 46.5 Å². The lowest BCUT2D eigenvalue weighted by molar-refractivity contribution is -0.189. The van der Waals surface area contributed by atoms with Crippen LogP contribution in [-0.2, 0) is 0 Å². The van der Waals surface area contributed by atoms with E-state index in [1.807, 2.05) is 0 Å². The number of hydrogen-bond acceptors (Lipinski definition) is 2. The van der Waals surface area contributed by atoms with E-state index >= 15 is 0 Å². The number of alkyl halides is 3. The van der Waals surface area contributed by atoms with E-state index in [4.69, 9.17) is 5.11 Å². The van der Waals surface area contributed by atoms with E-state index in [2.05, 4.69) is 4.74 Å². The van der Waals surface area contributed by atoms with Gasteiger partial charge in [0.25, 0.3) is 0 Å². The fourth-order valence-corrected chi connectivity index (χ4v) is 1.16. The Morgan fingerprint density at radius 3 is 2.47 bits per heavy atom. The lowest BCUT2D eigenvalue weighted by atomic mass is 10.1. The lowest BCUT2D eigenvalue weighted by Crippen LogP contribution is -2.31. The normalized spacial score (nSPS) is 13.2. The molecule has 94 valence electrons. The molecule has 0 aliphatic heterocycles. The molecule has 0 aliphatic carbocycles. The monoisotopic (exact) mass is 248 g/mol. The Bertz CT molecular complexity index is 426. The van der Waals surface area contributed by atoms with Crippen molar-refractivity contribution in [3.05, 3.63) is 29.3 Å². The quantitative estimate of drug-likeness (QED) is 0.894. The minimum Gasteiger partial charge on any atom is -0.480 e. The van der Waals surface area contributed by atoms with Crippen molar-refractivity contribution in [1.82, 2.24) is 0 Å². The van der Waals surface area contributed by atoms with Crippen molar-refractivity contribution in [3.63, 3.8) is 0 Å². The molecular weight excluding hydrogens is 237 g/mol. The molecule has 1 N–H and O–H groups in total. The summed E-state index contributed by atoms with van der Waals surface area (Å²) in [6, 6.07) is 3.98. The van der Waals surface area contributed by atoms with Gasteiger partial charge in [0, 0.05) is 0 Å². The molecule has 0 fully saturated rings. The highest BCUT2D eigenvalue weighted by Crippen LogP contribution is 2.27. The number of carboxylic acids is 1. The molecule has 0 aliphatic rings. The number of aromatic carboxylic acids is 1. The van der Waals surface area contributed by atoms with Gasteiger partial charge >= 0.3 is 12.1 Å². The number of halogens is 3. The minimum atomic E-state index is -4.53. The minimum absolute atomic E-state index is 0.276. The van der Waals surface area contributed by atoms with Crippen molar-refractivity contribution < 1.29 is 27.8 Å². The molecule has 0 saturated carbocycles. The van der Waals surface area contributed by atoms with Gasteiger partial charge in [-0.25, -0.2) is 4.79 Å². The molecule has 1 aromatic carbocycles. The Labute approximate surface area is 95.8 Å². The number of carbonyl (C=O) groups is 1. The zero-order valence-corrected chi connectivity index (χ0v) is 9.21. The smallest absolute Gasteiger partial charge is 0.425 e. The van der Waals surface area contributed by atoms with Crippen LogP contribution in [0.5, 0.6) is 5.75 Å². The van der Waals surface area contributed by atoms with Crippen LogP contribution in [0.2, 0.25) is 0 Å². The summed E-state index contributed by atoms with van der Waals surface area (Å²) in [5, 5.41) is 8.81. The summed E-state index contributed by atoms with van der Waals surface area (Å²) in [4.78, 5) is 10.8. The second-order valence-electron chi connectivity index (χ2n) is 3.61. The first-order valence-corrected chi connectivity index (χ1v) is 4.79. The van der Waals surface area contributed by atoms with Gasteiger partial charge in [-0.15, -0.1) is 0 Å². The molecule has 0 amide bonds. The molecule has 0 saturated heterocycles. The summed E-state index contributed by atoms with van der Waals surface area (Å²) in [7, 11) is 0. The molecule has 0 aromatic heterocycles. The summed E-state index contributed by atoms with van der Waals surface area (Å²) in [5.74, 6) is -1.60. The van der Waals surface area contributed by atoms with E-state index in [-0.39, 0.29) is 11.3 Å². The summed E-state index contributed by atoms with van der Waals surface area (Å²) in [6.07, 6.45) is -6.58. The molecule has 0 bridgehead atoms. The van der Waals surface area contributed by atoms with Crippen LogP contribution in [0, 0.1) is 6.92 Å². The maximum atomic E-state index is 12.3. The van der Waals surface area contributed by atoms with Crippen molar-refractivity contribution >= 4 is 5.97 Å². The average Bonchev–Trinajstić information content (AvgIpc) is 2.15. The van der Waals surface area contributed by atoms with E-state index in [9.17, 15) is 18.0 Å². The fourth-order valence-electron chi connectivity index (χ4n) is 1.16. The van der Waals surface area contributed by atoms with Crippen LogP contribution in [0.3, 0.4) is 0 Å².